The molecular weight excluding hydrogens is 235 g/mol. The summed E-state index contributed by atoms with van der Waals surface area (Å²) in [6.45, 7) is 1.95. The lowest BCUT2D eigenvalue weighted by Crippen LogP contribution is -2.61. The van der Waals surface area contributed by atoms with E-state index in [1.165, 1.54) is 6.07 Å². The number of halogens is 1. The first-order valence-corrected chi connectivity index (χ1v) is 6.09. The van der Waals surface area contributed by atoms with Gasteiger partial charge in [0.05, 0.1) is 17.8 Å². The molecule has 1 aromatic rings. The van der Waals surface area contributed by atoms with E-state index >= 15 is 0 Å². The van der Waals surface area contributed by atoms with Crippen LogP contribution < -0.4 is 10.2 Å². The maximum absolute atomic E-state index is 13.9. The van der Waals surface area contributed by atoms with E-state index in [-0.39, 0.29) is 18.3 Å². The van der Waals surface area contributed by atoms with Crippen LogP contribution in [0, 0.1) is 5.82 Å². The highest BCUT2D eigenvalue weighted by molar-refractivity contribution is 5.96. The standard InChI is InChI=1S/C13H15FN2O2/c14-10-3-1-2-4-11(10)16-12(17)7-18-9-13(16)5-6-15-8-13/h1-4,15H,5-9H2. The van der Waals surface area contributed by atoms with Gasteiger partial charge in [0.25, 0.3) is 5.91 Å². The molecule has 3 rings (SSSR count). The molecular formula is C13H15FN2O2. The third kappa shape index (κ3) is 1.71. The van der Waals surface area contributed by atoms with E-state index in [2.05, 4.69) is 5.32 Å². The highest BCUT2D eigenvalue weighted by Crippen LogP contribution is 2.33. The largest absolute Gasteiger partial charge is 0.369 e. The summed E-state index contributed by atoms with van der Waals surface area (Å²) in [5.41, 5.74) is -0.0770. The van der Waals surface area contributed by atoms with Gasteiger partial charge in [-0.1, -0.05) is 12.1 Å². The summed E-state index contributed by atoms with van der Waals surface area (Å²) < 4.78 is 19.3. The van der Waals surface area contributed by atoms with Gasteiger partial charge < -0.3 is 10.1 Å². The first-order valence-electron chi connectivity index (χ1n) is 6.09. The molecule has 1 N–H and O–H groups in total. The Hall–Kier alpha value is -1.46. The van der Waals surface area contributed by atoms with Gasteiger partial charge >= 0.3 is 0 Å². The van der Waals surface area contributed by atoms with Crippen molar-refractivity contribution >= 4 is 11.6 Å². The minimum absolute atomic E-state index is 0.0239. The van der Waals surface area contributed by atoms with Gasteiger partial charge in [0.15, 0.2) is 0 Å². The van der Waals surface area contributed by atoms with Crippen molar-refractivity contribution < 1.29 is 13.9 Å². The second-order valence-corrected chi connectivity index (χ2v) is 4.82. The highest BCUT2D eigenvalue weighted by Gasteiger charge is 2.46. The average molecular weight is 250 g/mol. The van der Waals surface area contributed by atoms with Gasteiger partial charge in [-0.05, 0) is 25.1 Å². The van der Waals surface area contributed by atoms with Crippen LogP contribution in [0.5, 0.6) is 0 Å². The van der Waals surface area contributed by atoms with Crippen molar-refractivity contribution in [3.05, 3.63) is 30.1 Å². The van der Waals surface area contributed by atoms with Crippen LogP contribution in [0.1, 0.15) is 6.42 Å². The molecule has 2 fully saturated rings. The molecule has 1 spiro atoms. The average Bonchev–Trinajstić information content (AvgIpc) is 2.80. The fraction of sp³-hybridized carbons (Fsp3) is 0.462. The first-order chi connectivity index (χ1) is 8.73. The number of rotatable bonds is 1. The number of benzene rings is 1. The van der Waals surface area contributed by atoms with Crippen LogP contribution >= 0.6 is 0 Å². The number of ether oxygens (including phenoxy) is 1. The molecule has 2 aliphatic rings. The highest BCUT2D eigenvalue weighted by atomic mass is 19.1. The van der Waals surface area contributed by atoms with Crippen molar-refractivity contribution in [1.29, 1.82) is 0 Å². The number of para-hydroxylation sites is 1. The minimum Gasteiger partial charge on any atom is -0.369 e. The van der Waals surface area contributed by atoms with Crippen LogP contribution in [0.4, 0.5) is 10.1 Å². The Labute approximate surface area is 105 Å². The van der Waals surface area contributed by atoms with Crippen molar-refractivity contribution in [3.63, 3.8) is 0 Å². The smallest absolute Gasteiger partial charge is 0.253 e. The zero-order valence-corrected chi connectivity index (χ0v) is 9.99. The topological polar surface area (TPSA) is 41.6 Å². The van der Waals surface area contributed by atoms with Crippen LogP contribution in [0.15, 0.2) is 24.3 Å². The van der Waals surface area contributed by atoms with Gasteiger partial charge in [-0.2, -0.15) is 0 Å². The molecule has 2 saturated heterocycles. The van der Waals surface area contributed by atoms with Crippen molar-refractivity contribution in [2.24, 2.45) is 0 Å². The molecule has 0 radical (unpaired) electrons. The van der Waals surface area contributed by atoms with E-state index < -0.39 is 5.54 Å². The molecule has 0 aliphatic carbocycles. The molecule has 1 unspecified atom stereocenters. The van der Waals surface area contributed by atoms with E-state index in [1.807, 2.05) is 0 Å². The normalized spacial score (nSPS) is 28.1. The molecule has 18 heavy (non-hydrogen) atoms. The molecule has 5 heteroatoms. The quantitative estimate of drug-likeness (QED) is 0.806. The monoisotopic (exact) mass is 250 g/mol. The summed E-state index contributed by atoms with van der Waals surface area (Å²) in [5.74, 6) is -0.533. The second kappa shape index (κ2) is 4.33. The molecule has 4 nitrogen and oxygen atoms in total. The summed E-state index contributed by atoms with van der Waals surface area (Å²) in [5, 5.41) is 3.23. The van der Waals surface area contributed by atoms with Crippen LogP contribution in [0.25, 0.3) is 0 Å². The van der Waals surface area contributed by atoms with Crippen LogP contribution in [-0.2, 0) is 9.53 Å². The van der Waals surface area contributed by atoms with Gasteiger partial charge in [0, 0.05) is 6.54 Å². The molecule has 1 amide bonds. The lowest BCUT2D eigenvalue weighted by molar-refractivity contribution is -0.129. The van der Waals surface area contributed by atoms with E-state index in [0.29, 0.717) is 18.8 Å². The molecule has 2 aliphatic heterocycles. The number of hydrogen-bond acceptors (Lipinski definition) is 3. The van der Waals surface area contributed by atoms with Gasteiger partial charge in [0.1, 0.15) is 12.4 Å². The van der Waals surface area contributed by atoms with E-state index in [9.17, 15) is 9.18 Å². The predicted molar refractivity (Wildman–Crippen MR) is 64.9 cm³/mol. The maximum Gasteiger partial charge on any atom is 0.253 e. The zero-order valence-electron chi connectivity index (χ0n) is 9.99. The maximum atomic E-state index is 13.9. The molecule has 1 atom stereocenters. The van der Waals surface area contributed by atoms with Gasteiger partial charge in [0.2, 0.25) is 0 Å². The lowest BCUT2D eigenvalue weighted by Gasteiger charge is -2.43. The van der Waals surface area contributed by atoms with Crippen LogP contribution in [0.3, 0.4) is 0 Å². The number of nitrogens with one attached hydrogen (secondary N) is 1. The summed E-state index contributed by atoms with van der Waals surface area (Å²) in [6, 6.07) is 6.41. The third-order valence-electron chi connectivity index (χ3n) is 3.63. The fourth-order valence-electron chi connectivity index (χ4n) is 2.79. The van der Waals surface area contributed by atoms with Gasteiger partial charge in [-0.25, -0.2) is 4.39 Å². The van der Waals surface area contributed by atoms with Crippen LogP contribution in [-0.4, -0.2) is 37.7 Å². The number of hydrogen-bond donors (Lipinski definition) is 1. The second-order valence-electron chi connectivity index (χ2n) is 4.82. The van der Waals surface area contributed by atoms with E-state index in [4.69, 9.17) is 4.74 Å². The zero-order chi connectivity index (χ0) is 12.6. The predicted octanol–water partition coefficient (Wildman–Crippen LogP) is 0.921. The van der Waals surface area contributed by atoms with Crippen molar-refractivity contribution in [3.8, 4) is 0 Å². The Morgan fingerprint density at radius 2 is 2.22 bits per heavy atom. The Bertz CT molecular complexity index is 472. The summed E-state index contributed by atoms with van der Waals surface area (Å²) >= 11 is 0. The number of amides is 1. The summed E-state index contributed by atoms with van der Waals surface area (Å²) in [7, 11) is 0. The molecule has 0 aromatic heterocycles. The molecule has 2 heterocycles. The number of carbonyl (C=O) groups is 1. The van der Waals surface area contributed by atoms with E-state index in [0.717, 1.165) is 13.0 Å². The van der Waals surface area contributed by atoms with Crippen molar-refractivity contribution in [2.45, 2.75) is 12.0 Å². The lowest BCUT2D eigenvalue weighted by atomic mass is 9.94. The molecule has 0 bridgehead atoms. The van der Waals surface area contributed by atoms with Gasteiger partial charge in [-0.15, -0.1) is 0 Å². The third-order valence-corrected chi connectivity index (χ3v) is 3.63. The number of nitrogens with zero attached hydrogens (tertiary/aromatic N) is 1. The summed E-state index contributed by atoms with van der Waals surface area (Å²) in [6.07, 6.45) is 0.785. The van der Waals surface area contributed by atoms with E-state index in [1.54, 1.807) is 23.1 Å². The Morgan fingerprint density at radius 1 is 1.39 bits per heavy atom. The van der Waals surface area contributed by atoms with Crippen molar-refractivity contribution in [2.75, 3.05) is 31.2 Å². The summed E-state index contributed by atoms with van der Waals surface area (Å²) in [4.78, 5) is 13.7. The number of morpholine rings is 1. The Balaban J connectivity index is 2.05. The Kier molecular flexibility index (Phi) is 2.80. The number of carbonyl (C=O) groups excluding carboxylic acids is 1. The van der Waals surface area contributed by atoms with Crippen molar-refractivity contribution in [1.82, 2.24) is 5.32 Å². The SMILES string of the molecule is O=C1COCC2(CCNC2)N1c1ccccc1F. The fourth-order valence-corrected chi connectivity index (χ4v) is 2.79. The minimum atomic E-state index is -0.433. The van der Waals surface area contributed by atoms with Gasteiger partial charge in [-0.3, -0.25) is 9.69 Å². The molecule has 96 valence electrons. The van der Waals surface area contributed by atoms with Crippen LogP contribution in [0.2, 0.25) is 0 Å². The first kappa shape index (κ1) is 11.6. The molecule has 1 aromatic carbocycles. The molecule has 0 saturated carbocycles. The number of anilines is 1. The Morgan fingerprint density at radius 3 is 2.94 bits per heavy atom.